The average Bonchev–Trinajstić information content (AvgIpc) is 3.38. The molecule has 2 fully saturated rings. The highest BCUT2D eigenvalue weighted by Gasteiger charge is 2.58. The molecule has 0 bridgehead atoms. The monoisotopic (exact) mass is 478 g/mol. The number of benzene rings is 1. The molecule has 35 heavy (non-hydrogen) atoms. The zero-order valence-corrected chi connectivity index (χ0v) is 20.5. The lowest BCUT2D eigenvalue weighted by atomic mass is 10.0. The molecule has 1 N–H and O–H groups in total. The van der Waals surface area contributed by atoms with Crippen molar-refractivity contribution in [3.63, 3.8) is 0 Å². The lowest BCUT2D eigenvalue weighted by Gasteiger charge is -2.29. The summed E-state index contributed by atoms with van der Waals surface area (Å²) in [6, 6.07) is 14.0. The Morgan fingerprint density at radius 3 is 2.60 bits per heavy atom. The van der Waals surface area contributed by atoms with Crippen LogP contribution >= 0.6 is 0 Å². The molecule has 1 aromatic carbocycles. The number of nitrogens with zero attached hydrogens (tertiary/aromatic N) is 4. The number of ether oxygens (including phenoxy) is 1. The molecule has 5 rings (SSSR count). The fourth-order valence-electron chi connectivity index (χ4n) is 6.11. The van der Waals surface area contributed by atoms with Crippen molar-refractivity contribution < 1.29 is 19.4 Å². The van der Waals surface area contributed by atoms with E-state index in [0.29, 0.717) is 30.2 Å². The van der Waals surface area contributed by atoms with Gasteiger partial charge in [0.25, 0.3) is 0 Å². The Labute approximate surface area is 206 Å². The summed E-state index contributed by atoms with van der Waals surface area (Å²) >= 11 is 0. The smallest absolute Gasteiger partial charge is 0.413 e. The first kappa shape index (κ1) is 23.8. The minimum absolute atomic E-state index is 0.209. The van der Waals surface area contributed by atoms with Crippen molar-refractivity contribution >= 4 is 17.9 Å². The molecular weight excluding hydrogens is 444 g/mol. The van der Waals surface area contributed by atoms with Gasteiger partial charge in [0, 0.05) is 31.4 Å². The number of aromatic nitrogens is 1. The number of methoxy groups -OCH3 is 1. The fourth-order valence-corrected chi connectivity index (χ4v) is 6.11. The number of likely N-dealkylation sites (N-methyl/N-ethyl adjacent to an activating group) is 1. The Kier molecular flexibility index (Phi) is 6.75. The summed E-state index contributed by atoms with van der Waals surface area (Å²) in [5.74, 6) is 1.58. The third-order valence-corrected chi connectivity index (χ3v) is 7.88. The number of rotatable bonds is 8. The first-order valence-electron chi connectivity index (χ1n) is 12.5. The molecule has 1 aliphatic carbocycles. The maximum Gasteiger partial charge on any atom is 0.413 e. The first-order chi connectivity index (χ1) is 17.0. The molecule has 0 spiro atoms. The Balaban J connectivity index is 1.13. The topological polar surface area (TPSA) is 86.2 Å². The third-order valence-electron chi connectivity index (χ3n) is 7.88. The molecule has 2 aromatic rings. The number of likely N-dealkylation sites (tertiary alicyclic amines) is 1. The van der Waals surface area contributed by atoms with Crippen LogP contribution in [0.4, 0.5) is 10.6 Å². The van der Waals surface area contributed by atoms with Gasteiger partial charge in [0.05, 0.1) is 7.11 Å². The molecular formula is C27H34N4O4. The van der Waals surface area contributed by atoms with Crippen LogP contribution in [0.2, 0.25) is 0 Å². The summed E-state index contributed by atoms with van der Waals surface area (Å²) in [4.78, 5) is 34.9. The minimum atomic E-state index is -0.923. The van der Waals surface area contributed by atoms with Gasteiger partial charge in [0.2, 0.25) is 0 Å². The number of carbonyl (C=O) groups excluding carboxylic acids is 1. The van der Waals surface area contributed by atoms with Gasteiger partial charge in [-0.25, -0.2) is 14.6 Å². The lowest BCUT2D eigenvalue weighted by Crippen LogP contribution is -2.38. The molecule has 4 atom stereocenters. The van der Waals surface area contributed by atoms with Crippen LogP contribution in [0.15, 0.2) is 42.5 Å². The largest absolute Gasteiger partial charge is 0.468 e. The van der Waals surface area contributed by atoms with Gasteiger partial charge >= 0.3 is 12.1 Å². The van der Waals surface area contributed by atoms with Crippen LogP contribution in [0.1, 0.15) is 35.7 Å². The number of hydrogen-bond donors (Lipinski definition) is 1. The predicted molar refractivity (Wildman–Crippen MR) is 132 cm³/mol. The summed E-state index contributed by atoms with van der Waals surface area (Å²) in [6.07, 6.45) is 2.65. The second-order valence-electron chi connectivity index (χ2n) is 10.0. The van der Waals surface area contributed by atoms with Gasteiger partial charge < -0.3 is 14.7 Å². The number of carbonyl (C=O) groups is 2. The number of amides is 1. The summed E-state index contributed by atoms with van der Waals surface area (Å²) < 4.78 is 5.13. The van der Waals surface area contributed by atoms with E-state index in [2.05, 4.69) is 14.8 Å². The zero-order valence-electron chi connectivity index (χ0n) is 20.5. The molecule has 1 saturated carbocycles. The zero-order chi connectivity index (χ0) is 24.5. The third kappa shape index (κ3) is 4.77. The number of hydrogen-bond acceptors (Lipinski definition) is 6. The van der Waals surface area contributed by atoms with E-state index in [4.69, 9.17) is 4.74 Å². The Hall–Kier alpha value is -2.97. The van der Waals surface area contributed by atoms with Gasteiger partial charge in [-0.3, -0.25) is 9.80 Å². The highest BCUT2D eigenvalue weighted by atomic mass is 16.5. The van der Waals surface area contributed by atoms with Crippen molar-refractivity contribution in [2.24, 2.45) is 11.8 Å². The summed E-state index contributed by atoms with van der Waals surface area (Å²) in [5.41, 5.74) is 2.96. The van der Waals surface area contributed by atoms with Gasteiger partial charge in [-0.05, 0) is 68.3 Å². The van der Waals surface area contributed by atoms with Gasteiger partial charge in [-0.1, -0.05) is 36.4 Å². The van der Waals surface area contributed by atoms with Gasteiger partial charge in [0.15, 0.2) is 0 Å². The highest BCUT2D eigenvalue weighted by molar-refractivity contribution is 5.86. The van der Waals surface area contributed by atoms with Crippen LogP contribution in [0.25, 0.3) is 0 Å². The molecule has 1 saturated heterocycles. The molecule has 1 aromatic heterocycles. The van der Waals surface area contributed by atoms with Crippen LogP contribution in [-0.2, 0) is 22.4 Å². The Morgan fingerprint density at radius 1 is 1.17 bits per heavy atom. The van der Waals surface area contributed by atoms with E-state index in [0.717, 1.165) is 62.1 Å². The molecule has 0 radical (unpaired) electrons. The summed E-state index contributed by atoms with van der Waals surface area (Å²) in [5, 5.41) is 9.48. The number of esters is 1. The predicted octanol–water partition coefficient (Wildman–Crippen LogP) is 3.22. The van der Waals surface area contributed by atoms with Gasteiger partial charge in [-0.15, -0.1) is 0 Å². The standard InChI is InChI=1S/C27H34N4O4/c1-29(23(26(32)35-2)18-8-4-3-5-9-18)24-21-16-30(17-22(21)24)14-7-11-20-13-12-19-10-6-15-31(27(33)34)25(19)28-20/h3-5,8-9,12-13,21-24H,6-7,10-11,14-17H2,1-2H3,(H,33,34)/t21-,22+,23?,24?. The van der Waals surface area contributed by atoms with Crippen molar-refractivity contribution in [2.75, 3.05) is 45.2 Å². The first-order valence-corrected chi connectivity index (χ1v) is 12.5. The molecule has 3 heterocycles. The molecule has 8 heteroatoms. The molecule has 1 amide bonds. The summed E-state index contributed by atoms with van der Waals surface area (Å²) in [6.45, 7) is 3.62. The van der Waals surface area contributed by atoms with Crippen LogP contribution < -0.4 is 4.90 Å². The van der Waals surface area contributed by atoms with Crippen molar-refractivity contribution in [3.8, 4) is 0 Å². The molecule has 2 aliphatic heterocycles. The van der Waals surface area contributed by atoms with E-state index in [1.807, 2.05) is 49.5 Å². The second kappa shape index (κ2) is 9.95. The normalized spacial score (nSPS) is 24.1. The molecule has 2 unspecified atom stereocenters. The van der Waals surface area contributed by atoms with E-state index < -0.39 is 6.09 Å². The second-order valence-corrected chi connectivity index (χ2v) is 10.0. The van der Waals surface area contributed by atoms with Crippen molar-refractivity contribution in [3.05, 3.63) is 59.3 Å². The van der Waals surface area contributed by atoms with Crippen molar-refractivity contribution in [2.45, 2.75) is 37.8 Å². The fraction of sp³-hybridized carbons (Fsp3) is 0.519. The number of anilines is 1. The van der Waals surface area contributed by atoms with Gasteiger partial charge in [-0.2, -0.15) is 0 Å². The van der Waals surface area contributed by atoms with Crippen LogP contribution in [-0.4, -0.2) is 78.3 Å². The molecule has 186 valence electrons. The SMILES string of the molecule is COC(=O)C(c1ccccc1)N(C)C1[C@H]2CN(CCCc3ccc4c(n3)N(C(=O)O)CCC4)C[C@@H]12. The van der Waals surface area contributed by atoms with Crippen LogP contribution in [0.5, 0.6) is 0 Å². The van der Waals surface area contributed by atoms with E-state index in [1.54, 1.807) is 0 Å². The number of pyridine rings is 1. The summed E-state index contributed by atoms with van der Waals surface area (Å²) in [7, 11) is 3.50. The quantitative estimate of drug-likeness (QED) is 0.583. The van der Waals surface area contributed by atoms with Crippen molar-refractivity contribution in [1.29, 1.82) is 0 Å². The van der Waals surface area contributed by atoms with Gasteiger partial charge in [0.1, 0.15) is 11.9 Å². The van der Waals surface area contributed by atoms with Crippen LogP contribution in [0.3, 0.4) is 0 Å². The number of piperidine rings is 1. The Morgan fingerprint density at radius 2 is 1.91 bits per heavy atom. The van der Waals surface area contributed by atoms with E-state index in [1.165, 1.54) is 12.0 Å². The molecule has 8 nitrogen and oxygen atoms in total. The van der Waals surface area contributed by atoms with E-state index in [-0.39, 0.29) is 12.0 Å². The maximum atomic E-state index is 12.6. The maximum absolute atomic E-state index is 12.6. The number of carboxylic acid groups (broad SMARTS) is 1. The number of fused-ring (bicyclic) bond motifs is 2. The van der Waals surface area contributed by atoms with E-state index >= 15 is 0 Å². The van der Waals surface area contributed by atoms with Crippen molar-refractivity contribution in [1.82, 2.24) is 14.8 Å². The van der Waals surface area contributed by atoms with Crippen LogP contribution in [0, 0.1) is 11.8 Å². The molecule has 3 aliphatic rings. The average molecular weight is 479 g/mol. The lowest BCUT2D eigenvalue weighted by molar-refractivity contribution is -0.147. The number of aryl methyl sites for hydroxylation is 2. The minimum Gasteiger partial charge on any atom is -0.468 e. The Bertz CT molecular complexity index is 1070. The highest BCUT2D eigenvalue weighted by Crippen LogP contribution is 2.50. The van der Waals surface area contributed by atoms with E-state index in [9.17, 15) is 14.7 Å².